The predicted molar refractivity (Wildman–Crippen MR) is 123 cm³/mol. The Morgan fingerprint density at radius 1 is 1.00 bits per heavy atom. The van der Waals surface area contributed by atoms with E-state index in [4.69, 9.17) is 14.5 Å². The number of hydrogen-bond donors (Lipinski definition) is 0. The lowest BCUT2D eigenvalue weighted by atomic mass is 10.1. The summed E-state index contributed by atoms with van der Waals surface area (Å²) in [6, 6.07) is 15.0. The zero-order valence-electron chi connectivity index (χ0n) is 17.9. The molecule has 2 aromatic carbocycles. The van der Waals surface area contributed by atoms with Crippen LogP contribution in [0.15, 0.2) is 54.7 Å². The summed E-state index contributed by atoms with van der Waals surface area (Å²) in [6.45, 7) is 4.44. The number of carbonyl (C=O) groups excluding carboxylic acids is 1. The molecule has 2 aromatic heterocycles. The number of anilines is 1. The SMILES string of the molecule is COc1cc(OC)cc(C(=O)N(Cc2ccccn2)c2nc3cc(C)c(C)cc3s2)c1. The van der Waals surface area contributed by atoms with Crippen molar-refractivity contribution >= 4 is 32.6 Å². The molecule has 0 aliphatic carbocycles. The van der Waals surface area contributed by atoms with E-state index in [0.717, 1.165) is 15.9 Å². The second-order valence-electron chi connectivity index (χ2n) is 7.21. The molecule has 0 N–H and O–H groups in total. The van der Waals surface area contributed by atoms with Gasteiger partial charge in [0.25, 0.3) is 5.91 Å². The molecule has 4 rings (SSSR count). The number of carbonyl (C=O) groups is 1. The zero-order chi connectivity index (χ0) is 22.0. The number of methoxy groups -OCH3 is 2. The second-order valence-corrected chi connectivity index (χ2v) is 8.22. The molecule has 2 heterocycles. The Morgan fingerprint density at radius 3 is 2.35 bits per heavy atom. The van der Waals surface area contributed by atoms with E-state index in [1.165, 1.54) is 22.5 Å². The molecule has 6 nitrogen and oxygen atoms in total. The van der Waals surface area contributed by atoms with Crippen LogP contribution in [0, 0.1) is 13.8 Å². The van der Waals surface area contributed by atoms with Crippen LogP contribution in [-0.4, -0.2) is 30.1 Å². The van der Waals surface area contributed by atoms with Crippen LogP contribution >= 0.6 is 11.3 Å². The Balaban J connectivity index is 1.80. The Kier molecular flexibility index (Phi) is 5.86. The molecule has 7 heteroatoms. The number of rotatable bonds is 6. The molecular weight excluding hydrogens is 410 g/mol. The number of aromatic nitrogens is 2. The lowest BCUT2D eigenvalue weighted by Gasteiger charge is -2.20. The van der Waals surface area contributed by atoms with Crippen LogP contribution in [-0.2, 0) is 6.54 Å². The number of ether oxygens (including phenoxy) is 2. The number of pyridine rings is 1. The van der Waals surface area contributed by atoms with Crippen LogP contribution in [0.25, 0.3) is 10.2 Å². The number of nitrogens with zero attached hydrogens (tertiary/aromatic N) is 3. The standard InChI is InChI=1S/C24H23N3O3S/c1-15-9-21-22(10-16(15)2)31-24(26-21)27(14-18-7-5-6-8-25-18)23(28)17-11-19(29-3)13-20(12-17)30-4/h5-13H,14H2,1-4H3. The van der Waals surface area contributed by atoms with Crippen LogP contribution < -0.4 is 14.4 Å². The van der Waals surface area contributed by atoms with Crippen LogP contribution in [0.1, 0.15) is 27.2 Å². The molecule has 0 radical (unpaired) electrons. The number of aryl methyl sites for hydroxylation is 2. The maximum Gasteiger partial charge on any atom is 0.260 e. The molecule has 0 bridgehead atoms. The number of fused-ring (bicyclic) bond motifs is 1. The van der Waals surface area contributed by atoms with Crippen molar-refractivity contribution < 1.29 is 14.3 Å². The average Bonchev–Trinajstić information content (AvgIpc) is 3.19. The van der Waals surface area contributed by atoms with E-state index in [9.17, 15) is 4.79 Å². The largest absolute Gasteiger partial charge is 0.497 e. The average molecular weight is 434 g/mol. The fourth-order valence-corrected chi connectivity index (χ4v) is 4.29. The molecule has 0 saturated heterocycles. The highest BCUT2D eigenvalue weighted by molar-refractivity contribution is 7.22. The van der Waals surface area contributed by atoms with Crippen molar-refractivity contribution in [1.82, 2.24) is 9.97 Å². The Labute approximate surface area is 185 Å². The first-order valence-corrected chi connectivity index (χ1v) is 10.6. The van der Waals surface area contributed by atoms with E-state index in [2.05, 4.69) is 31.0 Å². The predicted octanol–water partition coefficient (Wildman–Crippen LogP) is 5.17. The monoisotopic (exact) mass is 433 g/mol. The quantitative estimate of drug-likeness (QED) is 0.420. The Bertz CT molecular complexity index is 1180. The maximum absolute atomic E-state index is 13.7. The molecule has 4 aromatic rings. The summed E-state index contributed by atoms with van der Waals surface area (Å²) in [6.07, 6.45) is 1.72. The van der Waals surface area contributed by atoms with Crippen molar-refractivity contribution in [3.05, 3.63) is 77.1 Å². The second kappa shape index (κ2) is 8.73. The summed E-state index contributed by atoms with van der Waals surface area (Å²) in [5.74, 6) is 0.905. The van der Waals surface area contributed by atoms with Gasteiger partial charge in [-0.2, -0.15) is 0 Å². The lowest BCUT2D eigenvalue weighted by Crippen LogP contribution is -2.30. The van der Waals surface area contributed by atoms with E-state index in [1.54, 1.807) is 43.5 Å². The molecular formula is C24H23N3O3S. The van der Waals surface area contributed by atoms with Crippen molar-refractivity contribution in [3.63, 3.8) is 0 Å². The molecule has 0 fully saturated rings. The molecule has 0 spiro atoms. The maximum atomic E-state index is 13.7. The number of amides is 1. The highest BCUT2D eigenvalue weighted by atomic mass is 32.1. The van der Waals surface area contributed by atoms with Gasteiger partial charge in [0.1, 0.15) is 11.5 Å². The van der Waals surface area contributed by atoms with Crippen molar-refractivity contribution in [2.75, 3.05) is 19.1 Å². The first kappa shape index (κ1) is 20.8. The van der Waals surface area contributed by atoms with Crippen LogP contribution in [0.3, 0.4) is 0 Å². The summed E-state index contributed by atoms with van der Waals surface area (Å²) in [5.41, 5.74) is 4.48. The van der Waals surface area contributed by atoms with Gasteiger partial charge in [0.05, 0.1) is 36.7 Å². The van der Waals surface area contributed by atoms with Crippen LogP contribution in [0.5, 0.6) is 11.5 Å². The molecule has 31 heavy (non-hydrogen) atoms. The summed E-state index contributed by atoms with van der Waals surface area (Å²) >= 11 is 1.49. The van der Waals surface area contributed by atoms with E-state index in [0.29, 0.717) is 28.7 Å². The number of hydrogen-bond acceptors (Lipinski definition) is 6. The van der Waals surface area contributed by atoms with E-state index in [1.807, 2.05) is 18.2 Å². The fraction of sp³-hybridized carbons (Fsp3) is 0.208. The van der Waals surface area contributed by atoms with Gasteiger partial charge < -0.3 is 9.47 Å². The number of thiazole rings is 1. The number of benzene rings is 2. The van der Waals surface area contributed by atoms with Gasteiger partial charge in [-0.25, -0.2) is 4.98 Å². The Hall–Kier alpha value is -3.45. The van der Waals surface area contributed by atoms with E-state index in [-0.39, 0.29) is 5.91 Å². The molecule has 0 atom stereocenters. The van der Waals surface area contributed by atoms with E-state index < -0.39 is 0 Å². The van der Waals surface area contributed by atoms with Crippen molar-refractivity contribution in [3.8, 4) is 11.5 Å². The zero-order valence-corrected chi connectivity index (χ0v) is 18.7. The fourth-order valence-electron chi connectivity index (χ4n) is 3.25. The third-order valence-electron chi connectivity index (χ3n) is 5.11. The summed E-state index contributed by atoms with van der Waals surface area (Å²) in [4.78, 5) is 24.5. The third kappa shape index (κ3) is 4.36. The van der Waals surface area contributed by atoms with Crippen molar-refractivity contribution in [2.45, 2.75) is 20.4 Å². The van der Waals surface area contributed by atoms with Crippen LogP contribution in [0.4, 0.5) is 5.13 Å². The minimum absolute atomic E-state index is 0.199. The van der Waals surface area contributed by atoms with Gasteiger partial charge in [-0.1, -0.05) is 17.4 Å². The van der Waals surface area contributed by atoms with Gasteiger partial charge in [0.2, 0.25) is 0 Å². The summed E-state index contributed by atoms with van der Waals surface area (Å²) in [5, 5.41) is 0.623. The van der Waals surface area contributed by atoms with Crippen molar-refractivity contribution in [1.29, 1.82) is 0 Å². The summed E-state index contributed by atoms with van der Waals surface area (Å²) in [7, 11) is 3.12. The molecule has 0 aliphatic heterocycles. The van der Waals surface area contributed by atoms with E-state index >= 15 is 0 Å². The smallest absolute Gasteiger partial charge is 0.260 e. The summed E-state index contributed by atoms with van der Waals surface area (Å²) < 4.78 is 11.7. The lowest BCUT2D eigenvalue weighted by molar-refractivity contribution is 0.0984. The van der Waals surface area contributed by atoms with Gasteiger partial charge in [0, 0.05) is 17.8 Å². The van der Waals surface area contributed by atoms with Gasteiger partial charge in [-0.05, 0) is 61.4 Å². The third-order valence-corrected chi connectivity index (χ3v) is 6.15. The van der Waals surface area contributed by atoms with Gasteiger partial charge in [-0.15, -0.1) is 0 Å². The molecule has 158 valence electrons. The molecule has 0 saturated carbocycles. The minimum atomic E-state index is -0.199. The topological polar surface area (TPSA) is 64.6 Å². The molecule has 0 aliphatic rings. The van der Waals surface area contributed by atoms with Gasteiger partial charge in [0.15, 0.2) is 5.13 Å². The van der Waals surface area contributed by atoms with Gasteiger partial charge >= 0.3 is 0 Å². The molecule has 1 amide bonds. The van der Waals surface area contributed by atoms with Gasteiger partial charge in [-0.3, -0.25) is 14.7 Å². The first-order chi connectivity index (χ1) is 15.0. The highest BCUT2D eigenvalue weighted by Crippen LogP contribution is 2.33. The highest BCUT2D eigenvalue weighted by Gasteiger charge is 2.23. The van der Waals surface area contributed by atoms with Crippen LogP contribution in [0.2, 0.25) is 0 Å². The first-order valence-electron chi connectivity index (χ1n) is 9.81. The Morgan fingerprint density at radius 2 is 1.71 bits per heavy atom. The normalized spacial score (nSPS) is 10.8. The minimum Gasteiger partial charge on any atom is -0.497 e. The molecule has 0 unspecified atom stereocenters. The van der Waals surface area contributed by atoms with Crippen molar-refractivity contribution in [2.24, 2.45) is 0 Å².